The maximum atomic E-state index is 12.0. The molecule has 1 amide bonds. The Morgan fingerprint density at radius 2 is 2.00 bits per heavy atom. The monoisotopic (exact) mass is 309 g/mol. The van der Waals surface area contributed by atoms with Gasteiger partial charge in [0, 0.05) is 6.07 Å². The van der Waals surface area contributed by atoms with E-state index in [0.717, 1.165) is 6.07 Å². The Balaban J connectivity index is 2.38. The molecule has 0 radical (unpaired) electrons. The Bertz CT molecular complexity index is 735. The number of nitrogens with zero attached hydrogens (tertiary/aromatic N) is 2. The number of nitro groups is 1. The van der Waals surface area contributed by atoms with E-state index in [1.54, 1.807) is 0 Å². The van der Waals surface area contributed by atoms with Gasteiger partial charge in [0.05, 0.1) is 10.5 Å². The van der Waals surface area contributed by atoms with Gasteiger partial charge in [0.15, 0.2) is 11.5 Å². The molecule has 0 aliphatic heterocycles. The van der Waals surface area contributed by atoms with Gasteiger partial charge in [-0.3, -0.25) is 14.9 Å². The third kappa shape index (κ3) is 3.00. The van der Waals surface area contributed by atoms with Crippen LogP contribution in [0, 0.1) is 10.1 Å². The van der Waals surface area contributed by atoms with E-state index in [0.29, 0.717) is 0 Å². The predicted molar refractivity (Wildman–Crippen MR) is 73.6 cm³/mol. The van der Waals surface area contributed by atoms with Crippen LogP contribution in [0.15, 0.2) is 30.3 Å². The Kier molecular flexibility index (Phi) is 3.90. The van der Waals surface area contributed by atoms with Crippen molar-refractivity contribution in [2.75, 3.05) is 5.32 Å². The molecule has 0 saturated carbocycles. The molecule has 0 saturated heterocycles. The molecule has 9 heteroatoms. The molecular weight excluding hydrogens is 302 g/mol. The summed E-state index contributed by atoms with van der Waals surface area (Å²) >= 11 is 5.63. The highest BCUT2D eigenvalue weighted by Crippen LogP contribution is 2.30. The zero-order chi connectivity index (χ0) is 15.6. The summed E-state index contributed by atoms with van der Waals surface area (Å²) in [5, 5.41) is 31.9. The zero-order valence-electron chi connectivity index (χ0n) is 10.3. The number of para-hydroxylation sites is 1. The van der Waals surface area contributed by atoms with Crippen LogP contribution in [0.25, 0.3) is 0 Å². The Hall–Kier alpha value is -2.87. The molecular formula is C12H8ClN3O5. The lowest BCUT2D eigenvalue weighted by atomic mass is 10.1. The molecule has 0 aliphatic rings. The number of nitrogens with one attached hydrogen (secondary N) is 1. The number of carbonyl (C=O) groups is 1. The molecule has 0 fully saturated rings. The van der Waals surface area contributed by atoms with E-state index in [1.807, 2.05) is 0 Å². The van der Waals surface area contributed by atoms with Gasteiger partial charge in [-0.25, -0.2) is 4.98 Å². The van der Waals surface area contributed by atoms with E-state index in [4.69, 9.17) is 11.6 Å². The zero-order valence-corrected chi connectivity index (χ0v) is 11.0. The molecule has 108 valence electrons. The number of halogens is 1. The van der Waals surface area contributed by atoms with Crippen LogP contribution in [0.2, 0.25) is 5.15 Å². The summed E-state index contributed by atoms with van der Waals surface area (Å²) in [7, 11) is 0. The van der Waals surface area contributed by atoms with E-state index in [-0.39, 0.29) is 16.5 Å². The van der Waals surface area contributed by atoms with Gasteiger partial charge >= 0.3 is 5.69 Å². The van der Waals surface area contributed by atoms with Crippen molar-refractivity contribution in [1.82, 2.24) is 4.98 Å². The molecule has 1 aromatic heterocycles. The molecule has 1 heterocycles. The highest BCUT2D eigenvalue weighted by atomic mass is 35.5. The van der Waals surface area contributed by atoms with Crippen molar-refractivity contribution in [3.8, 4) is 11.5 Å². The molecule has 0 aliphatic carbocycles. The summed E-state index contributed by atoms with van der Waals surface area (Å²) in [5.41, 5.74) is -0.710. The van der Waals surface area contributed by atoms with E-state index in [1.165, 1.54) is 24.3 Å². The smallest absolute Gasteiger partial charge is 0.311 e. The van der Waals surface area contributed by atoms with Gasteiger partial charge in [-0.1, -0.05) is 17.7 Å². The van der Waals surface area contributed by atoms with Gasteiger partial charge in [-0.05, 0) is 18.2 Å². The van der Waals surface area contributed by atoms with Crippen molar-refractivity contribution in [2.45, 2.75) is 0 Å². The highest BCUT2D eigenvalue weighted by molar-refractivity contribution is 6.29. The molecule has 8 nitrogen and oxygen atoms in total. The second-order valence-corrected chi connectivity index (χ2v) is 4.27. The number of phenols is 2. The number of hydrogen-bond acceptors (Lipinski definition) is 6. The lowest BCUT2D eigenvalue weighted by molar-refractivity contribution is -0.384. The van der Waals surface area contributed by atoms with Gasteiger partial charge in [0.25, 0.3) is 5.91 Å². The highest BCUT2D eigenvalue weighted by Gasteiger charge is 2.21. The minimum atomic E-state index is -0.874. The minimum Gasteiger partial charge on any atom is -0.504 e. The van der Waals surface area contributed by atoms with Crippen molar-refractivity contribution in [1.29, 1.82) is 0 Å². The van der Waals surface area contributed by atoms with Crippen molar-refractivity contribution in [2.24, 2.45) is 0 Å². The van der Waals surface area contributed by atoms with E-state index >= 15 is 0 Å². The Morgan fingerprint density at radius 1 is 1.29 bits per heavy atom. The second-order valence-electron chi connectivity index (χ2n) is 3.89. The van der Waals surface area contributed by atoms with E-state index in [9.17, 15) is 25.1 Å². The van der Waals surface area contributed by atoms with Crippen molar-refractivity contribution in [3.63, 3.8) is 0 Å². The fourth-order valence-electron chi connectivity index (χ4n) is 1.56. The summed E-state index contributed by atoms with van der Waals surface area (Å²) < 4.78 is 0. The van der Waals surface area contributed by atoms with Gasteiger partial charge in [0.1, 0.15) is 5.15 Å². The third-order valence-corrected chi connectivity index (χ3v) is 2.74. The standard InChI is InChI=1S/C12H8ClN3O5/c13-9-5-4-7(16(20)21)11(14-9)15-12(19)6-2-1-3-8(17)10(6)18/h1-5,17-18H,(H,14,15,19). The molecule has 0 spiro atoms. The molecule has 21 heavy (non-hydrogen) atoms. The fourth-order valence-corrected chi connectivity index (χ4v) is 1.70. The van der Waals surface area contributed by atoms with Gasteiger partial charge in [-0.2, -0.15) is 0 Å². The van der Waals surface area contributed by atoms with E-state index < -0.39 is 28.0 Å². The van der Waals surface area contributed by atoms with Crippen molar-refractivity contribution >= 4 is 29.0 Å². The lowest BCUT2D eigenvalue weighted by Crippen LogP contribution is -2.14. The van der Waals surface area contributed by atoms with Crippen LogP contribution in [0.3, 0.4) is 0 Å². The third-order valence-electron chi connectivity index (χ3n) is 2.53. The molecule has 0 unspecified atom stereocenters. The van der Waals surface area contributed by atoms with Gasteiger partial charge in [0.2, 0.25) is 5.82 Å². The van der Waals surface area contributed by atoms with Crippen molar-refractivity contribution < 1.29 is 19.9 Å². The predicted octanol–water partition coefficient (Wildman–Crippen LogP) is 2.31. The lowest BCUT2D eigenvalue weighted by Gasteiger charge is -2.07. The minimum absolute atomic E-state index is 0.0453. The molecule has 1 aromatic carbocycles. The van der Waals surface area contributed by atoms with Crippen LogP contribution < -0.4 is 5.32 Å². The summed E-state index contributed by atoms with van der Waals surface area (Å²) in [4.78, 5) is 25.8. The number of pyridine rings is 1. The van der Waals surface area contributed by atoms with Crippen LogP contribution in [0.5, 0.6) is 11.5 Å². The number of rotatable bonds is 3. The molecule has 3 N–H and O–H groups in total. The van der Waals surface area contributed by atoms with Crippen LogP contribution in [-0.2, 0) is 0 Å². The maximum absolute atomic E-state index is 12.0. The number of aromatic hydroxyl groups is 2. The molecule has 2 aromatic rings. The van der Waals surface area contributed by atoms with Crippen LogP contribution in [0.4, 0.5) is 11.5 Å². The fraction of sp³-hybridized carbons (Fsp3) is 0. The van der Waals surface area contributed by atoms with Crippen LogP contribution >= 0.6 is 11.6 Å². The first-order valence-corrected chi connectivity index (χ1v) is 5.91. The van der Waals surface area contributed by atoms with Crippen molar-refractivity contribution in [3.05, 3.63) is 51.2 Å². The van der Waals surface area contributed by atoms with Crippen LogP contribution in [-0.4, -0.2) is 26.0 Å². The average Bonchev–Trinajstić information content (AvgIpc) is 2.41. The number of aromatic nitrogens is 1. The first kappa shape index (κ1) is 14.5. The molecule has 0 atom stereocenters. The number of anilines is 1. The SMILES string of the molecule is O=C(Nc1nc(Cl)ccc1[N+](=O)[O-])c1cccc(O)c1O. The van der Waals surface area contributed by atoms with Gasteiger partial charge < -0.3 is 15.5 Å². The normalized spacial score (nSPS) is 10.1. The molecule has 0 bridgehead atoms. The number of hydrogen-bond donors (Lipinski definition) is 3. The van der Waals surface area contributed by atoms with E-state index in [2.05, 4.69) is 10.3 Å². The Morgan fingerprint density at radius 3 is 2.67 bits per heavy atom. The molecule has 2 rings (SSSR count). The average molecular weight is 310 g/mol. The summed E-state index contributed by atoms with van der Waals surface area (Å²) in [6.45, 7) is 0. The first-order valence-electron chi connectivity index (χ1n) is 5.53. The summed E-state index contributed by atoms with van der Waals surface area (Å²) in [6, 6.07) is 6.06. The quantitative estimate of drug-likeness (QED) is 0.346. The topological polar surface area (TPSA) is 126 Å². The number of phenolic OH excluding ortho intramolecular Hbond substituents is 2. The largest absolute Gasteiger partial charge is 0.504 e. The Labute approximate surface area is 122 Å². The summed E-state index contributed by atoms with van der Waals surface area (Å²) in [6.07, 6.45) is 0. The number of benzene rings is 1. The van der Waals surface area contributed by atoms with Gasteiger partial charge in [-0.15, -0.1) is 0 Å². The maximum Gasteiger partial charge on any atom is 0.311 e. The van der Waals surface area contributed by atoms with Crippen LogP contribution in [0.1, 0.15) is 10.4 Å². The number of carbonyl (C=O) groups excluding carboxylic acids is 1. The summed E-state index contributed by atoms with van der Waals surface area (Å²) in [5.74, 6) is -2.36. The first-order chi connectivity index (χ1) is 9.90. The second kappa shape index (κ2) is 5.63. The number of amides is 1.